The third-order valence-electron chi connectivity index (χ3n) is 5.94. The van der Waals surface area contributed by atoms with Crippen LogP contribution < -0.4 is 19.9 Å². The van der Waals surface area contributed by atoms with Gasteiger partial charge >= 0.3 is 0 Å². The van der Waals surface area contributed by atoms with Gasteiger partial charge in [-0.2, -0.15) is 0 Å². The van der Waals surface area contributed by atoms with E-state index in [1.807, 2.05) is 43.6 Å². The minimum Gasteiger partial charge on any atom is -0.492 e. The number of piperidine rings is 2. The fourth-order valence-electron chi connectivity index (χ4n) is 4.22. The van der Waals surface area contributed by atoms with E-state index in [9.17, 15) is 4.79 Å². The molecule has 0 aliphatic carbocycles. The number of nitrogens with one attached hydrogen (secondary N) is 1. The van der Waals surface area contributed by atoms with Crippen LogP contribution in [0, 0.1) is 5.92 Å². The van der Waals surface area contributed by atoms with Crippen molar-refractivity contribution in [3.05, 3.63) is 36.7 Å². The van der Waals surface area contributed by atoms with E-state index in [0.717, 1.165) is 62.1 Å². The van der Waals surface area contributed by atoms with E-state index in [-0.39, 0.29) is 11.8 Å². The highest BCUT2D eigenvalue weighted by Gasteiger charge is 2.26. The molecule has 4 rings (SSSR count). The monoisotopic (exact) mass is 409 g/mol. The highest BCUT2D eigenvalue weighted by Crippen LogP contribution is 2.28. The molecule has 1 amide bonds. The van der Waals surface area contributed by atoms with Crippen molar-refractivity contribution in [3.63, 3.8) is 0 Å². The third kappa shape index (κ3) is 4.83. The van der Waals surface area contributed by atoms with Crippen molar-refractivity contribution in [1.82, 2.24) is 9.97 Å². The molecule has 0 atom stereocenters. The summed E-state index contributed by atoms with van der Waals surface area (Å²) < 4.78 is 5.61. The zero-order valence-electron chi connectivity index (χ0n) is 17.7. The second-order valence-electron chi connectivity index (χ2n) is 7.97. The SMILES string of the molecule is CCOc1ccccc1NC(=O)C1CCN(c2cnc(N3CCCCC3)nc2)CC1. The molecule has 160 valence electrons. The van der Waals surface area contributed by atoms with Crippen molar-refractivity contribution >= 4 is 23.2 Å². The summed E-state index contributed by atoms with van der Waals surface area (Å²) in [6.07, 6.45) is 9.22. The Kier molecular flexibility index (Phi) is 6.67. The van der Waals surface area contributed by atoms with Crippen molar-refractivity contribution in [2.45, 2.75) is 39.0 Å². The number of para-hydroxylation sites is 2. The van der Waals surface area contributed by atoms with E-state index in [1.54, 1.807) is 0 Å². The van der Waals surface area contributed by atoms with Crippen molar-refractivity contribution < 1.29 is 9.53 Å². The maximum Gasteiger partial charge on any atom is 0.227 e. The Morgan fingerprint density at radius 1 is 1.03 bits per heavy atom. The lowest BCUT2D eigenvalue weighted by Crippen LogP contribution is -2.38. The lowest BCUT2D eigenvalue weighted by atomic mass is 9.95. The van der Waals surface area contributed by atoms with Gasteiger partial charge in [-0.3, -0.25) is 4.79 Å². The standard InChI is InChI=1S/C23H31N5O2/c1-2-30-21-9-5-4-8-20(21)26-22(29)18-10-14-27(15-11-18)19-16-24-23(25-17-19)28-12-6-3-7-13-28/h4-5,8-9,16-18H,2-3,6-7,10-15H2,1H3,(H,26,29). The second kappa shape index (κ2) is 9.78. The molecule has 1 N–H and O–H groups in total. The summed E-state index contributed by atoms with van der Waals surface area (Å²) in [5.74, 6) is 1.63. The summed E-state index contributed by atoms with van der Waals surface area (Å²) in [6, 6.07) is 7.60. The van der Waals surface area contributed by atoms with Crippen molar-refractivity contribution in [2.75, 3.05) is 47.9 Å². The first-order chi connectivity index (χ1) is 14.7. The molecule has 2 aliphatic heterocycles. The molecule has 3 heterocycles. The molecule has 0 unspecified atom stereocenters. The molecule has 1 aromatic heterocycles. The summed E-state index contributed by atoms with van der Waals surface area (Å²) in [6.45, 7) is 6.27. The van der Waals surface area contributed by atoms with E-state index in [4.69, 9.17) is 4.74 Å². The maximum absolute atomic E-state index is 12.8. The summed E-state index contributed by atoms with van der Waals surface area (Å²) in [4.78, 5) is 26.5. The Morgan fingerprint density at radius 3 is 2.43 bits per heavy atom. The largest absolute Gasteiger partial charge is 0.492 e. The van der Waals surface area contributed by atoms with E-state index >= 15 is 0 Å². The average Bonchev–Trinajstić information content (AvgIpc) is 2.81. The van der Waals surface area contributed by atoms with Crippen LogP contribution in [-0.4, -0.2) is 48.7 Å². The topological polar surface area (TPSA) is 70.6 Å². The number of carbonyl (C=O) groups is 1. The molecule has 2 aromatic rings. The molecule has 30 heavy (non-hydrogen) atoms. The van der Waals surface area contributed by atoms with Crippen LogP contribution in [0.25, 0.3) is 0 Å². The van der Waals surface area contributed by atoms with Gasteiger partial charge in [0.05, 0.1) is 30.4 Å². The number of rotatable bonds is 6. The fraction of sp³-hybridized carbons (Fsp3) is 0.522. The molecule has 0 bridgehead atoms. The van der Waals surface area contributed by atoms with Crippen molar-refractivity contribution in [2.24, 2.45) is 5.92 Å². The Morgan fingerprint density at radius 2 is 1.73 bits per heavy atom. The van der Waals surface area contributed by atoms with Crippen LogP contribution in [0.4, 0.5) is 17.3 Å². The van der Waals surface area contributed by atoms with Crippen LogP contribution in [0.3, 0.4) is 0 Å². The number of amides is 1. The number of ether oxygens (including phenoxy) is 1. The molecule has 0 spiro atoms. The molecule has 7 nitrogen and oxygen atoms in total. The molecule has 2 saturated heterocycles. The van der Waals surface area contributed by atoms with E-state index < -0.39 is 0 Å². The van der Waals surface area contributed by atoms with E-state index in [2.05, 4.69) is 25.1 Å². The van der Waals surface area contributed by atoms with Gasteiger partial charge in [0.2, 0.25) is 11.9 Å². The third-order valence-corrected chi connectivity index (χ3v) is 5.94. The van der Waals surface area contributed by atoms with Gasteiger partial charge in [0.1, 0.15) is 5.75 Å². The zero-order chi connectivity index (χ0) is 20.8. The molecule has 0 saturated carbocycles. The Bertz CT molecular complexity index is 828. The highest BCUT2D eigenvalue weighted by molar-refractivity contribution is 5.94. The van der Waals surface area contributed by atoms with Gasteiger partial charge in [-0.1, -0.05) is 12.1 Å². The Labute approximate surface area is 178 Å². The number of hydrogen-bond acceptors (Lipinski definition) is 6. The fourth-order valence-corrected chi connectivity index (χ4v) is 4.22. The minimum absolute atomic E-state index is 0.00414. The molecular formula is C23H31N5O2. The highest BCUT2D eigenvalue weighted by atomic mass is 16.5. The molecule has 2 fully saturated rings. The second-order valence-corrected chi connectivity index (χ2v) is 7.97. The minimum atomic E-state index is 0.00414. The van der Waals surface area contributed by atoms with E-state index in [1.165, 1.54) is 19.3 Å². The van der Waals surface area contributed by atoms with Crippen molar-refractivity contribution in [3.8, 4) is 5.75 Å². The van der Waals surface area contributed by atoms with Crippen LogP contribution in [0.1, 0.15) is 39.0 Å². The first-order valence-electron chi connectivity index (χ1n) is 11.1. The number of carbonyl (C=O) groups excluding carboxylic acids is 1. The Hall–Kier alpha value is -2.83. The number of benzene rings is 1. The lowest BCUT2D eigenvalue weighted by molar-refractivity contribution is -0.120. The average molecular weight is 410 g/mol. The summed E-state index contributed by atoms with van der Waals surface area (Å²) in [5, 5.41) is 3.05. The van der Waals surface area contributed by atoms with Crippen LogP contribution >= 0.6 is 0 Å². The summed E-state index contributed by atoms with van der Waals surface area (Å²) in [7, 11) is 0. The van der Waals surface area contributed by atoms with Gasteiger partial charge in [0, 0.05) is 32.1 Å². The smallest absolute Gasteiger partial charge is 0.227 e. The molecule has 0 radical (unpaired) electrons. The van der Waals surface area contributed by atoms with Gasteiger partial charge in [0.25, 0.3) is 0 Å². The van der Waals surface area contributed by atoms with Gasteiger partial charge in [0.15, 0.2) is 0 Å². The zero-order valence-corrected chi connectivity index (χ0v) is 17.7. The summed E-state index contributed by atoms with van der Waals surface area (Å²) >= 11 is 0. The van der Waals surface area contributed by atoms with Gasteiger partial charge in [-0.05, 0) is 51.2 Å². The van der Waals surface area contributed by atoms with Crippen LogP contribution in [-0.2, 0) is 4.79 Å². The van der Waals surface area contributed by atoms with Gasteiger partial charge in [-0.25, -0.2) is 9.97 Å². The molecule has 2 aliphatic rings. The number of nitrogens with zero attached hydrogens (tertiary/aromatic N) is 4. The van der Waals surface area contributed by atoms with Crippen LogP contribution in [0.2, 0.25) is 0 Å². The van der Waals surface area contributed by atoms with Crippen LogP contribution in [0.15, 0.2) is 36.7 Å². The first kappa shape index (κ1) is 20.4. The van der Waals surface area contributed by atoms with Crippen molar-refractivity contribution in [1.29, 1.82) is 0 Å². The number of hydrogen-bond donors (Lipinski definition) is 1. The maximum atomic E-state index is 12.8. The van der Waals surface area contributed by atoms with Crippen LogP contribution in [0.5, 0.6) is 5.75 Å². The molecular weight excluding hydrogens is 378 g/mol. The predicted molar refractivity (Wildman–Crippen MR) is 119 cm³/mol. The summed E-state index contributed by atoms with van der Waals surface area (Å²) in [5.41, 5.74) is 1.78. The molecule has 7 heteroatoms. The molecule has 1 aromatic carbocycles. The number of aromatic nitrogens is 2. The van der Waals surface area contributed by atoms with E-state index in [0.29, 0.717) is 6.61 Å². The Balaban J connectivity index is 1.31. The first-order valence-corrected chi connectivity index (χ1v) is 11.1. The van der Waals surface area contributed by atoms with Gasteiger partial charge < -0.3 is 19.9 Å². The number of anilines is 3. The lowest BCUT2D eigenvalue weighted by Gasteiger charge is -2.33. The predicted octanol–water partition coefficient (Wildman–Crippen LogP) is 3.72. The quantitative estimate of drug-likeness (QED) is 0.784. The van der Waals surface area contributed by atoms with Gasteiger partial charge in [-0.15, -0.1) is 0 Å². The normalized spacial score (nSPS) is 17.6.